The number of hydrogen-bond donors (Lipinski definition) is 2. The molecule has 1 saturated carbocycles. The van der Waals surface area contributed by atoms with Crippen molar-refractivity contribution in [2.45, 2.75) is 93.3 Å². The molecule has 3 aliphatic rings. The minimum absolute atomic E-state index is 0.0687. The first-order valence-corrected chi connectivity index (χ1v) is 16.9. The Morgan fingerprint density at radius 3 is 1.98 bits per heavy atom. The Bertz CT molecular complexity index is 1230. The van der Waals surface area contributed by atoms with Gasteiger partial charge in [-0.05, 0) is 54.7 Å². The smallest absolute Gasteiger partial charge is 0.0647 e. The van der Waals surface area contributed by atoms with Crippen LogP contribution in [0.5, 0.6) is 0 Å². The van der Waals surface area contributed by atoms with Crippen LogP contribution in [0, 0.1) is 11.8 Å². The summed E-state index contributed by atoms with van der Waals surface area (Å²) in [6.45, 7) is 48.4. The van der Waals surface area contributed by atoms with Gasteiger partial charge in [0, 0.05) is 29.9 Å². The van der Waals surface area contributed by atoms with Gasteiger partial charge in [-0.2, -0.15) is 0 Å². The molecule has 3 aliphatic carbocycles. The Hall–Kier alpha value is -3.82. The van der Waals surface area contributed by atoms with Crippen molar-refractivity contribution in [1.29, 1.82) is 0 Å². The molecule has 3 nitrogen and oxygen atoms in total. The summed E-state index contributed by atoms with van der Waals surface area (Å²) in [5.74, 6) is 0.949. The Balaban J connectivity index is -0.000000856. The topological polar surface area (TPSA) is 41.3 Å². The number of nitrogens with two attached hydrogens (primary N) is 1. The van der Waals surface area contributed by atoms with Gasteiger partial charge in [0.05, 0.1) is 12.1 Å². The van der Waals surface area contributed by atoms with Crippen LogP contribution in [0.25, 0.3) is 12.2 Å². The minimum Gasteiger partial charge on any atom is -0.378 e. The summed E-state index contributed by atoms with van der Waals surface area (Å²) < 4.78 is 0. The van der Waals surface area contributed by atoms with Gasteiger partial charge < -0.3 is 16.0 Å². The van der Waals surface area contributed by atoms with Gasteiger partial charge in [-0.15, -0.1) is 32.9 Å². The SMILES string of the molecule is C=C.C=C.C=C[C@@H]1C[C@]1(NC(=C)CN(Cc1ccc2c(c1)=CC=CCC=2)C(=C)C)C(=C)C.CC.CC.CC.CC1C=CC=CC1N. The Labute approximate surface area is 285 Å². The number of benzene rings is 1. The summed E-state index contributed by atoms with van der Waals surface area (Å²) in [5.41, 5.74) is 10.0. The average Bonchev–Trinajstić information content (AvgIpc) is 3.86. The lowest BCUT2D eigenvalue weighted by Gasteiger charge is -2.29. The highest BCUT2D eigenvalue weighted by molar-refractivity contribution is 5.45. The van der Waals surface area contributed by atoms with Gasteiger partial charge in [0.2, 0.25) is 0 Å². The zero-order valence-corrected chi connectivity index (χ0v) is 31.2. The standard InChI is InChI=1S/C26H32N2.C7H11N.3C2H6.2C2H4/c1-7-25-16-26(25,19(2)3)27-21(6)17-28(20(4)5)18-22-13-14-23-11-9-8-10-12-24(23)15-22;1-6-4-2-3-5-7(6)8;5*1-2/h7-8,10-15,25,27H,1-2,4,6,9,16-18H2,3,5H3;2-7H,8H2,1H3;3*1-2H3;2*1-2H2/t25-,26+;;;;;;/m1....../s1. The molecule has 2 unspecified atom stereocenters. The number of rotatable bonds is 9. The van der Waals surface area contributed by atoms with Crippen molar-refractivity contribution in [3.8, 4) is 0 Å². The second-order valence-electron chi connectivity index (χ2n) is 10.3. The van der Waals surface area contributed by atoms with E-state index < -0.39 is 0 Å². The number of fused-ring (bicyclic) bond motifs is 1. The van der Waals surface area contributed by atoms with Gasteiger partial charge in [0.15, 0.2) is 0 Å². The third kappa shape index (κ3) is 16.0. The number of nitrogens with one attached hydrogen (secondary N) is 1. The number of nitrogens with zero attached hydrogens (tertiary/aromatic N) is 1. The van der Waals surface area contributed by atoms with E-state index in [-0.39, 0.29) is 11.6 Å². The van der Waals surface area contributed by atoms with Crippen LogP contribution in [-0.2, 0) is 6.54 Å². The first kappa shape index (κ1) is 46.6. The van der Waals surface area contributed by atoms with Crippen molar-refractivity contribution in [3.05, 3.63) is 146 Å². The first-order valence-electron chi connectivity index (χ1n) is 16.9. The summed E-state index contributed by atoms with van der Waals surface area (Å²) in [5, 5.41) is 6.20. The molecule has 0 bridgehead atoms. The summed E-state index contributed by atoms with van der Waals surface area (Å²) >= 11 is 0. The Morgan fingerprint density at radius 1 is 0.935 bits per heavy atom. The molecule has 1 fully saturated rings. The van der Waals surface area contributed by atoms with Crippen molar-refractivity contribution < 1.29 is 0 Å². The van der Waals surface area contributed by atoms with Crippen LogP contribution in [0.1, 0.15) is 80.7 Å². The molecule has 0 spiro atoms. The highest BCUT2D eigenvalue weighted by atomic mass is 15.2. The van der Waals surface area contributed by atoms with Crippen LogP contribution in [0.2, 0.25) is 0 Å². The van der Waals surface area contributed by atoms with E-state index >= 15 is 0 Å². The van der Waals surface area contributed by atoms with Crippen molar-refractivity contribution in [1.82, 2.24) is 10.2 Å². The fraction of sp³-hybridized carbons (Fsp3) is 0.395. The molecule has 0 radical (unpaired) electrons. The quantitative estimate of drug-likeness (QED) is 0.268. The lowest BCUT2D eigenvalue weighted by atomic mass is 9.98. The monoisotopic (exact) mass is 628 g/mol. The van der Waals surface area contributed by atoms with E-state index in [1.807, 2.05) is 65.8 Å². The maximum Gasteiger partial charge on any atom is 0.0647 e. The molecule has 3 N–H and O–H groups in total. The molecular formula is C43H69N3. The van der Waals surface area contributed by atoms with Crippen LogP contribution in [0.4, 0.5) is 0 Å². The molecule has 1 aromatic rings. The second-order valence-corrected chi connectivity index (χ2v) is 10.3. The summed E-state index contributed by atoms with van der Waals surface area (Å²) in [4.78, 5) is 2.27. The molecule has 4 rings (SSSR count). The van der Waals surface area contributed by atoms with Gasteiger partial charge in [-0.1, -0.05) is 141 Å². The van der Waals surface area contributed by atoms with Crippen LogP contribution in [0.3, 0.4) is 0 Å². The fourth-order valence-electron chi connectivity index (χ4n) is 4.68. The van der Waals surface area contributed by atoms with Gasteiger partial charge in [-0.25, -0.2) is 0 Å². The molecular weight excluding hydrogens is 558 g/mol. The summed E-state index contributed by atoms with van der Waals surface area (Å²) in [6, 6.07) is 6.94. The lowest BCUT2D eigenvalue weighted by Crippen LogP contribution is -2.37. The van der Waals surface area contributed by atoms with Crippen molar-refractivity contribution in [2.24, 2.45) is 17.6 Å². The molecule has 0 aliphatic heterocycles. The second kappa shape index (κ2) is 27.5. The van der Waals surface area contributed by atoms with Gasteiger partial charge in [0.1, 0.15) is 0 Å². The largest absolute Gasteiger partial charge is 0.378 e. The highest BCUT2D eigenvalue weighted by Crippen LogP contribution is 2.49. The molecule has 0 aromatic heterocycles. The van der Waals surface area contributed by atoms with Crippen LogP contribution in [-0.4, -0.2) is 23.0 Å². The number of allylic oxidation sites excluding steroid dienone is 5. The predicted molar refractivity (Wildman–Crippen MR) is 214 cm³/mol. The first-order chi connectivity index (χ1) is 22.2. The maximum atomic E-state index is 5.64. The molecule has 1 aromatic carbocycles. The van der Waals surface area contributed by atoms with Crippen LogP contribution >= 0.6 is 0 Å². The Kier molecular flexibility index (Phi) is 27.8. The van der Waals surface area contributed by atoms with Gasteiger partial charge in [0.25, 0.3) is 0 Å². The third-order valence-electron chi connectivity index (χ3n) is 7.26. The molecule has 4 atom stereocenters. The van der Waals surface area contributed by atoms with Gasteiger partial charge >= 0.3 is 0 Å². The third-order valence-corrected chi connectivity index (χ3v) is 7.26. The predicted octanol–water partition coefficient (Wildman–Crippen LogP) is 9.93. The van der Waals surface area contributed by atoms with Gasteiger partial charge in [-0.3, -0.25) is 0 Å². The molecule has 0 amide bonds. The Morgan fingerprint density at radius 2 is 1.52 bits per heavy atom. The van der Waals surface area contributed by atoms with Crippen LogP contribution < -0.4 is 21.5 Å². The van der Waals surface area contributed by atoms with Crippen molar-refractivity contribution >= 4 is 12.2 Å². The summed E-state index contributed by atoms with van der Waals surface area (Å²) in [7, 11) is 0. The van der Waals surface area contributed by atoms with E-state index in [2.05, 4.69) is 132 Å². The lowest BCUT2D eigenvalue weighted by molar-refractivity contribution is 0.354. The zero-order valence-electron chi connectivity index (χ0n) is 31.2. The highest BCUT2D eigenvalue weighted by Gasteiger charge is 2.53. The fourth-order valence-corrected chi connectivity index (χ4v) is 4.68. The molecule has 256 valence electrons. The van der Waals surface area contributed by atoms with E-state index in [0.29, 0.717) is 11.8 Å². The van der Waals surface area contributed by atoms with E-state index in [9.17, 15) is 0 Å². The van der Waals surface area contributed by atoms with E-state index in [4.69, 9.17) is 5.73 Å². The average molecular weight is 628 g/mol. The number of hydrogen-bond acceptors (Lipinski definition) is 3. The van der Waals surface area contributed by atoms with Crippen molar-refractivity contribution in [3.63, 3.8) is 0 Å². The normalized spacial score (nSPS) is 20.2. The molecule has 0 saturated heterocycles. The summed E-state index contributed by atoms with van der Waals surface area (Å²) in [6.07, 6.45) is 21.0. The molecule has 3 heteroatoms. The van der Waals surface area contributed by atoms with E-state index in [1.54, 1.807) is 0 Å². The molecule has 46 heavy (non-hydrogen) atoms. The minimum atomic E-state index is -0.0687. The maximum absolute atomic E-state index is 5.64. The van der Waals surface area contributed by atoms with Crippen molar-refractivity contribution in [2.75, 3.05) is 6.54 Å². The van der Waals surface area contributed by atoms with E-state index in [1.165, 1.54) is 16.0 Å². The molecule has 0 heterocycles. The van der Waals surface area contributed by atoms with Crippen LogP contribution in [0.15, 0.2) is 130 Å². The zero-order chi connectivity index (χ0) is 36.3. The van der Waals surface area contributed by atoms with E-state index in [0.717, 1.165) is 42.9 Å².